The SMILES string of the molecule is C=C[C@@H]1CCCCC1C[C@H]1OC(C)(C)N(C(=O)OC(C)(C)C)[C@H]1Cc1ccccc1. The highest BCUT2D eigenvalue weighted by Gasteiger charge is 2.51. The zero-order chi connectivity index (χ0) is 21.9. The molecule has 1 aliphatic heterocycles. The Kier molecular flexibility index (Phi) is 6.96. The van der Waals surface area contributed by atoms with Gasteiger partial charge in [0.1, 0.15) is 11.3 Å². The molecule has 4 nitrogen and oxygen atoms in total. The van der Waals surface area contributed by atoms with Gasteiger partial charge in [-0.3, -0.25) is 4.90 Å². The molecule has 2 aliphatic rings. The fourth-order valence-corrected chi connectivity index (χ4v) is 5.16. The minimum Gasteiger partial charge on any atom is -0.444 e. The van der Waals surface area contributed by atoms with Crippen molar-refractivity contribution in [3.8, 4) is 0 Å². The molecule has 1 saturated carbocycles. The summed E-state index contributed by atoms with van der Waals surface area (Å²) in [6, 6.07) is 10.3. The summed E-state index contributed by atoms with van der Waals surface area (Å²) in [5.74, 6) is 1.10. The molecule has 3 rings (SSSR count). The molecule has 0 bridgehead atoms. The minimum absolute atomic E-state index is 0.0155. The Morgan fingerprint density at radius 3 is 2.53 bits per heavy atom. The van der Waals surface area contributed by atoms with Crippen molar-refractivity contribution >= 4 is 6.09 Å². The summed E-state index contributed by atoms with van der Waals surface area (Å²) in [6.45, 7) is 13.8. The summed E-state index contributed by atoms with van der Waals surface area (Å²) < 4.78 is 12.4. The van der Waals surface area contributed by atoms with Crippen LogP contribution in [0.3, 0.4) is 0 Å². The van der Waals surface area contributed by atoms with Crippen LogP contribution in [-0.4, -0.2) is 34.5 Å². The number of carbonyl (C=O) groups excluding carboxylic acids is 1. The summed E-state index contributed by atoms with van der Waals surface area (Å²) in [7, 11) is 0. The average molecular weight is 414 g/mol. The van der Waals surface area contributed by atoms with E-state index in [0.717, 1.165) is 12.8 Å². The molecule has 2 fully saturated rings. The number of carbonyl (C=O) groups is 1. The Balaban J connectivity index is 1.88. The van der Waals surface area contributed by atoms with Gasteiger partial charge >= 0.3 is 6.09 Å². The maximum atomic E-state index is 13.2. The predicted octanol–water partition coefficient (Wildman–Crippen LogP) is 6.35. The average Bonchev–Trinajstić information content (AvgIpc) is 2.91. The van der Waals surface area contributed by atoms with Crippen LogP contribution in [0.25, 0.3) is 0 Å². The number of rotatable bonds is 5. The van der Waals surface area contributed by atoms with Crippen LogP contribution >= 0.6 is 0 Å². The van der Waals surface area contributed by atoms with Crippen LogP contribution in [0, 0.1) is 11.8 Å². The van der Waals surface area contributed by atoms with Crippen molar-refractivity contribution in [3.63, 3.8) is 0 Å². The van der Waals surface area contributed by atoms with Gasteiger partial charge in [0.2, 0.25) is 0 Å². The largest absolute Gasteiger partial charge is 0.444 e. The van der Waals surface area contributed by atoms with E-state index in [1.54, 1.807) is 0 Å². The third-order valence-electron chi connectivity index (χ3n) is 6.46. The second-order valence-corrected chi connectivity index (χ2v) is 10.4. The molecule has 0 radical (unpaired) electrons. The lowest BCUT2D eigenvalue weighted by Gasteiger charge is -2.35. The molecule has 0 N–H and O–H groups in total. The van der Waals surface area contributed by atoms with Gasteiger partial charge in [-0.05, 0) is 77.7 Å². The van der Waals surface area contributed by atoms with Crippen molar-refractivity contribution < 1.29 is 14.3 Å². The van der Waals surface area contributed by atoms with Crippen LogP contribution in [0.15, 0.2) is 43.0 Å². The normalized spacial score (nSPS) is 28.9. The quantitative estimate of drug-likeness (QED) is 0.528. The smallest absolute Gasteiger partial charge is 0.412 e. The molecule has 30 heavy (non-hydrogen) atoms. The Labute approximate surface area is 182 Å². The van der Waals surface area contributed by atoms with Crippen LogP contribution in [0.5, 0.6) is 0 Å². The van der Waals surface area contributed by atoms with Gasteiger partial charge in [0.15, 0.2) is 0 Å². The standard InChI is InChI=1S/C26H39NO3/c1-7-20-15-11-12-16-21(20)18-23-22(17-19-13-9-8-10-14-19)27(26(5,6)29-23)24(28)30-25(2,3)4/h7-10,13-14,20-23H,1,11-12,15-18H2,2-6H3/t20-,21?,22+,23-/m1/s1. The Bertz CT molecular complexity index is 722. The van der Waals surface area contributed by atoms with Crippen molar-refractivity contribution in [2.24, 2.45) is 11.8 Å². The summed E-state index contributed by atoms with van der Waals surface area (Å²) >= 11 is 0. The summed E-state index contributed by atoms with van der Waals surface area (Å²) in [5.41, 5.74) is -0.0313. The van der Waals surface area contributed by atoms with Crippen molar-refractivity contribution in [3.05, 3.63) is 48.6 Å². The van der Waals surface area contributed by atoms with Gasteiger partial charge < -0.3 is 9.47 Å². The molecular weight excluding hydrogens is 374 g/mol. The molecule has 4 heteroatoms. The topological polar surface area (TPSA) is 38.8 Å². The molecule has 0 spiro atoms. The second kappa shape index (κ2) is 9.13. The van der Waals surface area contributed by atoms with E-state index in [0.29, 0.717) is 11.8 Å². The van der Waals surface area contributed by atoms with Gasteiger partial charge in [-0.1, -0.05) is 49.2 Å². The van der Waals surface area contributed by atoms with Crippen LogP contribution in [0.4, 0.5) is 4.79 Å². The lowest BCUT2D eigenvalue weighted by atomic mass is 9.75. The van der Waals surface area contributed by atoms with Crippen LogP contribution < -0.4 is 0 Å². The number of hydrogen-bond donors (Lipinski definition) is 0. The molecule has 1 aromatic rings. The van der Waals surface area contributed by atoms with Crippen LogP contribution in [0.2, 0.25) is 0 Å². The second-order valence-electron chi connectivity index (χ2n) is 10.4. The fourth-order valence-electron chi connectivity index (χ4n) is 5.16. The zero-order valence-electron chi connectivity index (χ0n) is 19.4. The fraction of sp³-hybridized carbons (Fsp3) is 0.654. The van der Waals surface area contributed by atoms with E-state index >= 15 is 0 Å². The summed E-state index contributed by atoms with van der Waals surface area (Å²) in [6.07, 6.45) is 8.51. The Morgan fingerprint density at radius 1 is 1.23 bits per heavy atom. The van der Waals surface area contributed by atoms with E-state index in [4.69, 9.17) is 9.47 Å². The monoisotopic (exact) mass is 413 g/mol. The van der Waals surface area contributed by atoms with E-state index in [9.17, 15) is 4.79 Å². The van der Waals surface area contributed by atoms with Gasteiger partial charge in [0.25, 0.3) is 0 Å². The lowest BCUT2D eigenvalue weighted by molar-refractivity contribution is -0.0834. The van der Waals surface area contributed by atoms with Gasteiger partial charge in [-0.25, -0.2) is 4.79 Å². The predicted molar refractivity (Wildman–Crippen MR) is 121 cm³/mol. The minimum atomic E-state index is -0.704. The molecule has 1 amide bonds. The number of nitrogens with zero attached hydrogens (tertiary/aromatic N) is 1. The Hall–Kier alpha value is -1.81. The molecule has 166 valence electrons. The van der Waals surface area contributed by atoms with Crippen molar-refractivity contribution in [2.45, 2.75) is 96.6 Å². The zero-order valence-corrected chi connectivity index (χ0v) is 19.4. The van der Waals surface area contributed by atoms with Crippen LogP contribution in [-0.2, 0) is 15.9 Å². The van der Waals surface area contributed by atoms with Crippen molar-refractivity contribution in [1.29, 1.82) is 0 Å². The highest BCUT2D eigenvalue weighted by molar-refractivity contribution is 5.70. The van der Waals surface area contributed by atoms with Gasteiger partial charge in [0.05, 0.1) is 12.1 Å². The molecule has 1 unspecified atom stereocenters. The molecule has 0 aromatic heterocycles. The number of allylic oxidation sites excluding steroid dienone is 1. The third-order valence-corrected chi connectivity index (χ3v) is 6.46. The Morgan fingerprint density at radius 2 is 1.90 bits per heavy atom. The number of hydrogen-bond acceptors (Lipinski definition) is 3. The van der Waals surface area contributed by atoms with Crippen LogP contribution in [0.1, 0.15) is 72.3 Å². The highest BCUT2D eigenvalue weighted by Crippen LogP contribution is 2.41. The van der Waals surface area contributed by atoms with E-state index < -0.39 is 11.3 Å². The number of benzene rings is 1. The first kappa shape index (κ1) is 22.9. The van der Waals surface area contributed by atoms with E-state index in [2.05, 4.69) is 36.9 Å². The summed E-state index contributed by atoms with van der Waals surface area (Å²) in [5, 5.41) is 0. The van der Waals surface area contributed by atoms with E-state index in [-0.39, 0.29) is 18.2 Å². The first-order valence-electron chi connectivity index (χ1n) is 11.5. The molecule has 1 aliphatic carbocycles. The molecular formula is C26H39NO3. The van der Waals surface area contributed by atoms with Gasteiger partial charge in [-0.2, -0.15) is 0 Å². The van der Waals surface area contributed by atoms with Gasteiger partial charge in [0, 0.05) is 0 Å². The van der Waals surface area contributed by atoms with Gasteiger partial charge in [-0.15, -0.1) is 6.58 Å². The number of amides is 1. The first-order valence-corrected chi connectivity index (χ1v) is 11.5. The molecule has 1 saturated heterocycles. The van der Waals surface area contributed by atoms with E-state index in [1.165, 1.54) is 31.2 Å². The van der Waals surface area contributed by atoms with Crippen molar-refractivity contribution in [1.82, 2.24) is 4.90 Å². The third kappa shape index (κ3) is 5.46. The number of ether oxygens (including phenoxy) is 2. The maximum absolute atomic E-state index is 13.2. The van der Waals surface area contributed by atoms with E-state index in [1.807, 2.05) is 45.6 Å². The molecule has 1 heterocycles. The molecule has 4 atom stereocenters. The lowest BCUT2D eigenvalue weighted by Crippen LogP contribution is -2.51. The maximum Gasteiger partial charge on any atom is 0.412 e. The molecule has 1 aromatic carbocycles. The summed E-state index contributed by atoms with van der Waals surface area (Å²) in [4.78, 5) is 15.1. The first-order chi connectivity index (χ1) is 14.1. The highest BCUT2D eigenvalue weighted by atomic mass is 16.6. The van der Waals surface area contributed by atoms with Crippen molar-refractivity contribution in [2.75, 3.05) is 0 Å².